The molecule has 1 saturated heterocycles. The second-order valence-corrected chi connectivity index (χ2v) is 5.30. The van der Waals surface area contributed by atoms with Gasteiger partial charge < -0.3 is 4.74 Å². The summed E-state index contributed by atoms with van der Waals surface area (Å²) in [6.45, 7) is 4.36. The number of rotatable bonds is 2. The van der Waals surface area contributed by atoms with Crippen LogP contribution in [0.25, 0.3) is 0 Å². The molecular formula is C12H16OS. The molecule has 1 aliphatic heterocycles. The molecule has 2 atom stereocenters. The Morgan fingerprint density at radius 2 is 2.14 bits per heavy atom. The van der Waals surface area contributed by atoms with Gasteiger partial charge in [-0.15, -0.1) is 11.8 Å². The zero-order chi connectivity index (χ0) is 10.0. The first-order valence-electron chi connectivity index (χ1n) is 5.10. The van der Waals surface area contributed by atoms with Crippen molar-refractivity contribution in [1.82, 2.24) is 0 Å². The molecule has 0 saturated carbocycles. The Hall–Kier alpha value is -0.470. The van der Waals surface area contributed by atoms with Gasteiger partial charge in [0.05, 0.1) is 6.10 Å². The van der Waals surface area contributed by atoms with Crippen LogP contribution < -0.4 is 0 Å². The molecule has 1 aliphatic rings. The number of benzene rings is 1. The van der Waals surface area contributed by atoms with E-state index in [9.17, 15) is 0 Å². The largest absolute Gasteiger partial charge is 0.356 e. The molecule has 1 nitrogen and oxygen atoms in total. The van der Waals surface area contributed by atoms with Gasteiger partial charge in [0.1, 0.15) is 4.93 Å². The summed E-state index contributed by atoms with van der Waals surface area (Å²) in [5, 5.41) is 0. The molecule has 0 bridgehead atoms. The predicted molar refractivity (Wildman–Crippen MR) is 61.4 cm³/mol. The Balaban J connectivity index is 2.10. The average Bonchev–Trinajstić information content (AvgIpc) is 2.63. The fraction of sp³-hybridized carbons (Fsp3) is 0.500. The first kappa shape index (κ1) is 10.1. The molecule has 1 heterocycles. The van der Waals surface area contributed by atoms with Crippen LogP contribution in [0.15, 0.2) is 30.3 Å². The Labute approximate surface area is 89.9 Å². The summed E-state index contributed by atoms with van der Waals surface area (Å²) in [5.74, 6) is 1.08. The molecule has 2 unspecified atom stereocenters. The van der Waals surface area contributed by atoms with E-state index in [1.807, 2.05) is 17.8 Å². The third-order valence-corrected chi connectivity index (χ3v) is 4.21. The highest BCUT2D eigenvalue weighted by Crippen LogP contribution is 2.44. The predicted octanol–water partition coefficient (Wildman–Crippen LogP) is 3.62. The maximum absolute atomic E-state index is 6.05. The van der Waals surface area contributed by atoms with Crippen LogP contribution in [0.4, 0.5) is 0 Å². The average molecular weight is 208 g/mol. The van der Waals surface area contributed by atoms with E-state index in [0.717, 1.165) is 12.2 Å². The molecule has 1 fully saturated rings. The first-order valence-corrected chi connectivity index (χ1v) is 6.09. The minimum absolute atomic E-state index is 0.0283. The molecule has 2 heteroatoms. The lowest BCUT2D eigenvalue weighted by molar-refractivity contribution is 0.00109. The van der Waals surface area contributed by atoms with Crippen molar-refractivity contribution in [2.24, 2.45) is 0 Å². The highest BCUT2D eigenvalue weighted by atomic mass is 32.2. The molecule has 1 aromatic rings. The molecule has 0 aliphatic carbocycles. The Morgan fingerprint density at radius 3 is 2.71 bits per heavy atom. The minimum atomic E-state index is 0.0283. The van der Waals surface area contributed by atoms with Gasteiger partial charge in [-0.2, -0.15) is 0 Å². The van der Waals surface area contributed by atoms with Crippen molar-refractivity contribution < 1.29 is 4.74 Å². The topological polar surface area (TPSA) is 9.23 Å². The monoisotopic (exact) mass is 208 g/mol. The van der Waals surface area contributed by atoms with Crippen molar-refractivity contribution in [3.63, 3.8) is 0 Å². The zero-order valence-electron chi connectivity index (χ0n) is 8.69. The smallest absolute Gasteiger partial charge is 0.111 e. The molecule has 14 heavy (non-hydrogen) atoms. The van der Waals surface area contributed by atoms with Gasteiger partial charge in [0.25, 0.3) is 0 Å². The second kappa shape index (κ2) is 3.95. The van der Waals surface area contributed by atoms with Crippen LogP contribution in [-0.4, -0.2) is 10.7 Å². The van der Waals surface area contributed by atoms with Gasteiger partial charge in [-0.25, -0.2) is 0 Å². The molecular weight excluding hydrogens is 192 g/mol. The lowest BCUT2D eigenvalue weighted by Gasteiger charge is -2.21. The second-order valence-electron chi connectivity index (χ2n) is 3.82. The van der Waals surface area contributed by atoms with Crippen LogP contribution in [-0.2, 0) is 4.74 Å². The van der Waals surface area contributed by atoms with Gasteiger partial charge in [-0.05, 0) is 18.9 Å². The van der Waals surface area contributed by atoms with Gasteiger partial charge in [0.15, 0.2) is 0 Å². The minimum Gasteiger partial charge on any atom is -0.356 e. The standard InChI is InChI=1S/C12H16OS/c1-3-12(2)13-11(9-14-12)10-7-5-4-6-8-10/h4-8,11H,3,9H2,1-2H3. The van der Waals surface area contributed by atoms with E-state index in [1.165, 1.54) is 5.56 Å². The van der Waals surface area contributed by atoms with Crippen molar-refractivity contribution in [1.29, 1.82) is 0 Å². The molecule has 0 radical (unpaired) electrons. The Morgan fingerprint density at radius 1 is 1.43 bits per heavy atom. The first-order chi connectivity index (χ1) is 6.73. The zero-order valence-corrected chi connectivity index (χ0v) is 9.51. The van der Waals surface area contributed by atoms with Crippen LogP contribution in [0.3, 0.4) is 0 Å². The van der Waals surface area contributed by atoms with Gasteiger partial charge in [0.2, 0.25) is 0 Å². The van der Waals surface area contributed by atoms with E-state index in [-0.39, 0.29) is 11.0 Å². The molecule has 0 aromatic heterocycles. The van der Waals surface area contributed by atoms with Crippen molar-refractivity contribution in [2.75, 3.05) is 5.75 Å². The maximum atomic E-state index is 6.05. The van der Waals surface area contributed by atoms with E-state index in [0.29, 0.717) is 0 Å². The van der Waals surface area contributed by atoms with Crippen LogP contribution in [0.1, 0.15) is 31.9 Å². The Bertz CT molecular complexity index is 298. The van der Waals surface area contributed by atoms with E-state index in [2.05, 4.69) is 38.1 Å². The van der Waals surface area contributed by atoms with Gasteiger partial charge in [-0.3, -0.25) is 0 Å². The number of thioether (sulfide) groups is 1. The molecule has 0 amide bonds. The van der Waals surface area contributed by atoms with Crippen LogP contribution >= 0.6 is 11.8 Å². The number of hydrogen-bond donors (Lipinski definition) is 0. The van der Waals surface area contributed by atoms with Crippen molar-refractivity contribution in [3.8, 4) is 0 Å². The van der Waals surface area contributed by atoms with Gasteiger partial charge in [-0.1, -0.05) is 37.3 Å². The summed E-state index contributed by atoms with van der Waals surface area (Å²) in [7, 11) is 0. The summed E-state index contributed by atoms with van der Waals surface area (Å²) in [6, 6.07) is 10.5. The highest BCUT2D eigenvalue weighted by Gasteiger charge is 2.35. The Kier molecular flexibility index (Phi) is 2.84. The lowest BCUT2D eigenvalue weighted by atomic mass is 10.1. The number of ether oxygens (including phenoxy) is 1. The van der Waals surface area contributed by atoms with Crippen molar-refractivity contribution in [3.05, 3.63) is 35.9 Å². The molecule has 0 N–H and O–H groups in total. The van der Waals surface area contributed by atoms with Crippen molar-refractivity contribution >= 4 is 11.8 Å². The third kappa shape index (κ3) is 1.96. The summed E-state index contributed by atoms with van der Waals surface area (Å²) < 4.78 is 6.05. The van der Waals surface area contributed by atoms with E-state index < -0.39 is 0 Å². The summed E-state index contributed by atoms with van der Waals surface area (Å²) in [5.41, 5.74) is 1.30. The fourth-order valence-electron chi connectivity index (χ4n) is 1.64. The van der Waals surface area contributed by atoms with Crippen LogP contribution in [0.2, 0.25) is 0 Å². The quantitative estimate of drug-likeness (QED) is 0.734. The van der Waals surface area contributed by atoms with Gasteiger partial charge in [0, 0.05) is 5.75 Å². The molecule has 2 rings (SSSR count). The molecule has 76 valence electrons. The maximum Gasteiger partial charge on any atom is 0.111 e. The molecule has 1 aromatic carbocycles. The normalized spacial score (nSPS) is 32.0. The van der Waals surface area contributed by atoms with Crippen LogP contribution in [0, 0.1) is 0 Å². The molecule has 0 spiro atoms. The summed E-state index contributed by atoms with van der Waals surface area (Å²) in [6.07, 6.45) is 1.35. The van der Waals surface area contributed by atoms with Gasteiger partial charge >= 0.3 is 0 Å². The van der Waals surface area contributed by atoms with E-state index in [1.54, 1.807) is 0 Å². The highest BCUT2D eigenvalue weighted by molar-refractivity contribution is 8.00. The number of hydrogen-bond acceptors (Lipinski definition) is 2. The summed E-state index contributed by atoms with van der Waals surface area (Å²) >= 11 is 1.93. The fourth-order valence-corrected chi connectivity index (χ4v) is 2.79. The SMILES string of the molecule is CCC1(C)OC(c2ccccc2)CS1. The van der Waals surface area contributed by atoms with Crippen LogP contribution in [0.5, 0.6) is 0 Å². The van der Waals surface area contributed by atoms with E-state index in [4.69, 9.17) is 4.74 Å². The lowest BCUT2D eigenvalue weighted by Crippen LogP contribution is -2.18. The van der Waals surface area contributed by atoms with Crippen molar-refractivity contribution in [2.45, 2.75) is 31.3 Å². The van der Waals surface area contributed by atoms with E-state index >= 15 is 0 Å². The third-order valence-electron chi connectivity index (χ3n) is 2.75. The summed E-state index contributed by atoms with van der Waals surface area (Å²) in [4.78, 5) is 0.0283.